The fourth-order valence-corrected chi connectivity index (χ4v) is 4.32. The molecule has 2 atom stereocenters. The number of benzene rings is 2. The lowest BCUT2D eigenvalue weighted by Crippen LogP contribution is -2.40. The molecule has 0 unspecified atom stereocenters. The summed E-state index contributed by atoms with van der Waals surface area (Å²) in [6.07, 6.45) is 1.35. The summed E-state index contributed by atoms with van der Waals surface area (Å²) in [6, 6.07) is 13.4. The Labute approximate surface area is 200 Å². The summed E-state index contributed by atoms with van der Waals surface area (Å²) in [7, 11) is 3.84. The van der Waals surface area contributed by atoms with E-state index in [9.17, 15) is 4.79 Å². The summed E-state index contributed by atoms with van der Waals surface area (Å²) in [5.41, 5.74) is 1.87. The highest BCUT2D eigenvalue weighted by Crippen LogP contribution is 2.27. The van der Waals surface area contributed by atoms with E-state index in [0.717, 1.165) is 37.2 Å². The van der Waals surface area contributed by atoms with Crippen molar-refractivity contribution in [2.75, 3.05) is 46.9 Å². The van der Waals surface area contributed by atoms with Crippen LogP contribution in [-0.4, -0.2) is 73.8 Å². The number of halogens is 2. The molecule has 0 spiro atoms. The van der Waals surface area contributed by atoms with Crippen molar-refractivity contribution >= 4 is 29.1 Å². The van der Waals surface area contributed by atoms with Crippen molar-refractivity contribution < 1.29 is 14.6 Å². The van der Waals surface area contributed by atoms with E-state index in [1.807, 2.05) is 49.3 Å². The highest BCUT2D eigenvalue weighted by molar-refractivity contribution is 6.42. The van der Waals surface area contributed by atoms with Crippen molar-refractivity contribution in [3.05, 3.63) is 63.6 Å². The quantitative estimate of drug-likeness (QED) is 0.546. The Morgan fingerprint density at radius 3 is 2.62 bits per heavy atom. The first-order valence-corrected chi connectivity index (χ1v) is 11.6. The molecule has 8 heteroatoms. The number of carbonyl (C=O) groups is 1. The zero-order chi connectivity index (χ0) is 23.1. The Bertz CT molecular complexity index is 895. The van der Waals surface area contributed by atoms with E-state index < -0.39 is 0 Å². The highest BCUT2D eigenvalue weighted by atomic mass is 35.5. The van der Waals surface area contributed by atoms with Crippen LogP contribution in [0.3, 0.4) is 0 Å². The van der Waals surface area contributed by atoms with Gasteiger partial charge in [0.05, 0.1) is 29.1 Å². The largest absolute Gasteiger partial charge is 0.491 e. The summed E-state index contributed by atoms with van der Waals surface area (Å²) in [5.74, 6) is 0.709. The van der Waals surface area contributed by atoms with Crippen molar-refractivity contribution in [2.45, 2.75) is 24.9 Å². The first-order chi connectivity index (χ1) is 15.4. The molecule has 2 N–H and O–H groups in total. The van der Waals surface area contributed by atoms with E-state index in [1.54, 1.807) is 12.1 Å². The fourth-order valence-electron chi connectivity index (χ4n) is 4.00. The molecule has 2 aromatic rings. The van der Waals surface area contributed by atoms with Crippen molar-refractivity contribution in [1.29, 1.82) is 0 Å². The molecule has 174 valence electrons. The van der Waals surface area contributed by atoms with Gasteiger partial charge in [-0.1, -0.05) is 41.4 Å². The lowest BCUT2D eigenvalue weighted by molar-refractivity contribution is -0.131. The van der Waals surface area contributed by atoms with Crippen LogP contribution in [0, 0.1) is 0 Å². The van der Waals surface area contributed by atoms with Crippen LogP contribution in [-0.2, 0) is 11.2 Å². The van der Waals surface area contributed by atoms with Gasteiger partial charge in [-0.3, -0.25) is 9.69 Å². The molecular formula is C24H31Cl2N3O3. The molecule has 0 saturated carbocycles. The maximum Gasteiger partial charge on any atom is 0.227 e. The second-order valence-electron chi connectivity index (χ2n) is 8.12. The van der Waals surface area contributed by atoms with Crippen molar-refractivity contribution in [2.24, 2.45) is 0 Å². The Morgan fingerprint density at radius 2 is 2.00 bits per heavy atom. The Hall–Kier alpha value is -1.83. The van der Waals surface area contributed by atoms with Crippen LogP contribution >= 0.6 is 23.2 Å². The molecule has 1 aliphatic rings. The molecule has 0 aromatic heterocycles. The minimum atomic E-state index is -0.104. The smallest absolute Gasteiger partial charge is 0.227 e. The molecule has 1 amide bonds. The van der Waals surface area contributed by atoms with Gasteiger partial charge in [-0.05, 0) is 55.4 Å². The Morgan fingerprint density at radius 1 is 1.25 bits per heavy atom. The van der Waals surface area contributed by atoms with Gasteiger partial charge in [-0.15, -0.1) is 0 Å². The second-order valence-corrected chi connectivity index (χ2v) is 8.94. The van der Waals surface area contributed by atoms with Gasteiger partial charge in [0.15, 0.2) is 0 Å². The molecule has 6 nitrogen and oxygen atoms in total. The number of likely N-dealkylation sites (N-methyl/N-ethyl adjacent to an activating group) is 2. The monoisotopic (exact) mass is 479 g/mol. The maximum absolute atomic E-state index is 13.2. The van der Waals surface area contributed by atoms with Gasteiger partial charge in [-0.2, -0.15) is 0 Å². The Kier molecular flexibility index (Phi) is 9.20. The molecule has 0 radical (unpaired) electrons. The number of nitrogens with zero attached hydrogens (tertiary/aromatic N) is 2. The third kappa shape index (κ3) is 6.59. The minimum Gasteiger partial charge on any atom is -0.491 e. The van der Waals surface area contributed by atoms with Crippen LogP contribution in [0.1, 0.15) is 23.6 Å². The number of ether oxygens (including phenoxy) is 1. The number of aliphatic hydroxyl groups is 1. The zero-order valence-electron chi connectivity index (χ0n) is 18.6. The molecule has 1 aliphatic heterocycles. The molecule has 3 rings (SSSR count). The summed E-state index contributed by atoms with van der Waals surface area (Å²) < 4.78 is 5.49. The van der Waals surface area contributed by atoms with Crippen molar-refractivity contribution in [1.82, 2.24) is 15.1 Å². The van der Waals surface area contributed by atoms with Gasteiger partial charge in [-0.25, -0.2) is 0 Å². The van der Waals surface area contributed by atoms with E-state index in [2.05, 4.69) is 10.2 Å². The molecular weight excluding hydrogens is 449 g/mol. The van der Waals surface area contributed by atoms with Gasteiger partial charge >= 0.3 is 0 Å². The van der Waals surface area contributed by atoms with Crippen LogP contribution < -0.4 is 10.1 Å². The number of rotatable bonds is 10. The number of likely N-dealkylation sites (tertiary alicyclic amines) is 1. The number of hydrogen-bond donors (Lipinski definition) is 2. The summed E-state index contributed by atoms with van der Waals surface area (Å²) >= 11 is 12.1. The Balaban J connectivity index is 1.77. The van der Waals surface area contributed by atoms with E-state index in [0.29, 0.717) is 21.8 Å². The first kappa shape index (κ1) is 24.8. The van der Waals surface area contributed by atoms with Gasteiger partial charge in [0, 0.05) is 26.2 Å². The summed E-state index contributed by atoms with van der Waals surface area (Å²) in [5, 5.41) is 13.2. The predicted octanol–water partition coefficient (Wildman–Crippen LogP) is 3.40. The SMILES string of the molecule is CN[C@H]1CCN(C[C@H](c2ccc(OCCO)cc2)N(C)C(=O)Cc2ccc(Cl)c(Cl)c2)C1. The lowest BCUT2D eigenvalue weighted by atomic mass is 10.0. The molecule has 0 bridgehead atoms. The molecule has 1 fully saturated rings. The molecule has 1 saturated heterocycles. The number of amides is 1. The molecule has 32 heavy (non-hydrogen) atoms. The topological polar surface area (TPSA) is 65.0 Å². The lowest BCUT2D eigenvalue weighted by Gasteiger charge is -2.32. The van der Waals surface area contributed by atoms with E-state index in [-0.39, 0.29) is 31.6 Å². The third-order valence-corrected chi connectivity index (χ3v) is 6.68. The third-order valence-electron chi connectivity index (χ3n) is 5.94. The average molecular weight is 480 g/mol. The molecule has 0 aliphatic carbocycles. The molecule has 2 aromatic carbocycles. The average Bonchev–Trinajstić information content (AvgIpc) is 3.26. The van der Waals surface area contributed by atoms with Crippen LogP contribution in [0.15, 0.2) is 42.5 Å². The van der Waals surface area contributed by atoms with Crippen molar-refractivity contribution in [3.8, 4) is 5.75 Å². The standard InChI is InChI=1S/C24H31Cl2N3O3/c1-27-19-9-10-29(15-19)16-23(18-4-6-20(7-5-18)32-12-11-30)28(2)24(31)14-17-3-8-21(25)22(26)13-17/h3-8,13,19,23,27,30H,9-12,14-16H2,1-2H3/t19-,23+/m0/s1. The van der Waals surface area contributed by atoms with Crippen LogP contribution in [0.5, 0.6) is 5.75 Å². The zero-order valence-corrected chi connectivity index (χ0v) is 20.1. The van der Waals surface area contributed by atoms with Crippen LogP contribution in [0.4, 0.5) is 0 Å². The normalized spacial score (nSPS) is 17.3. The maximum atomic E-state index is 13.2. The second kappa shape index (κ2) is 11.9. The minimum absolute atomic E-state index is 0.0124. The van der Waals surface area contributed by atoms with E-state index >= 15 is 0 Å². The summed E-state index contributed by atoms with van der Waals surface area (Å²) in [4.78, 5) is 17.4. The fraction of sp³-hybridized carbons (Fsp3) is 0.458. The summed E-state index contributed by atoms with van der Waals surface area (Å²) in [6.45, 7) is 2.93. The molecule has 1 heterocycles. The first-order valence-electron chi connectivity index (χ1n) is 10.8. The number of carbonyl (C=O) groups excluding carboxylic acids is 1. The van der Waals surface area contributed by atoms with Crippen molar-refractivity contribution in [3.63, 3.8) is 0 Å². The highest BCUT2D eigenvalue weighted by Gasteiger charge is 2.28. The number of aliphatic hydroxyl groups excluding tert-OH is 1. The van der Waals surface area contributed by atoms with E-state index in [1.165, 1.54) is 0 Å². The van der Waals surface area contributed by atoms with Gasteiger partial charge < -0.3 is 20.1 Å². The predicted molar refractivity (Wildman–Crippen MR) is 129 cm³/mol. The van der Waals surface area contributed by atoms with Gasteiger partial charge in [0.1, 0.15) is 12.4 Å². The van der Waals surface area contributed by atoms with Crippen LogP contribution in [0.2, 0.25) is 10.0 Å². The van der Waals surface area contributed by atoms with Crippen LogP contribution in [0.25, 0.3) is 0 Å². The van der Waals surface area contributed by atoms with Gasteiger partial charge in [0.2, 0.25) is 5.91 Å². The number of nitrogens with one attached hydrogen (secondary N) is 1. The van der Waals surface area contributed by atoms with E-state index in [4.69, 9.17) is 33.0 Å². The number of hydrogen-bond acceptors (Lipinski definition) is 5. The van der Waals surface area contributed by atoms with Gasteiger partial charge in [0.25, 0.3) is 0 Å².